The summed E-state index contributed by atoms with van der Waals surface area (Å²) in [6, 6.07) is 0.681. The van der Waals surface area contributed by atoms with Crippen LogP contribution in [0.5, 0.6) is 0 Å². The number of rotatable bonds is 7. The summed E-state index contributed by atoms with van der Waals surface area (Å²) < 4.78 is 117. The van der Waals surface area contributed by atoms with Crippen LogP contribution in [0.15, 0.2) is 18.2 Å². The van der Waals surface area contributed by atoms with Crippen LogP contribution in [0.25, 0.3) is 0 Å². The summed E-state index contributed by atoms with van der Waals surface area (Å²) in [6.45, 7) is 1.40. The Balaban J connectivity index is 1.45. The number of carbonyl (C=O) groups excluding carboxylic acids is 2. The Morgan fingerprint density at radius 3 is 1.83 bits per heavy atom. The minimum atomic E-state index is -5.06. The van der Waals surface area contributed by atoms with Crippen LogP contribution in [-0.2, 0) is 17.1 Å². The number of hydrogen-bond acceptors (Lipinski definition) is 3. The number of nitrogens with zero attached hydrogens (tertiary/aromatic N) is 1. The van der Waals surface area contributed by atoms with E-state index in [1.165, 1.54) is 0 Å². The molecule has 1 aliphatic heterocycles. The molecule has 0 radical (unpaired) electrons. The Morgan fingerprint density at radius 2 is 1.39 bits per heavy atom. The molecule has 2 aliphatic rings. The molecule has 3 rings (SSSR count). The van der Waals surface area contributed by atoms with E-state index in [2.05, 4.69) is 10.6 Å². The highest BCUT2D eigenvalue weighted by atomic mass is 19.4. The van der Waals surface area contributed by atoms with E-state index in [0.717, 1.165) is 0 Å². The summed E-state index contributed by atoms with van der Waals surface area (Å²) in [6.07, 6.45) is -14.1. The fourth-order valence-corrected chi connectivity index (χ4v) is 4.10. The molecule has 1 aromatic rings. The van der Waals surface area contributed by atoms with Crippen molar-refractivity contribution in [3.63, 3.8) is 0 Å². The molecular formula is C22H24F9N3O2. The molecule has 1 saturated heterocycles. The average Bonchev–Trinajstić information content (AvgIpc) is 3.59. The fraction of sp³-hybridized carbons (Fsp3) is 0.636. The maximum absolute atomic E-state index is 13.0. The van der Waals surface area contributed by atoms with Crippen molar-refractivity contribution < 1.29 is 49.1 Å². The predicted octanol–water partition coefficient (Wildman–Crippen LogP) is 4.62. The topological polar surface area (TPSA) is 61.4 Å². The normalized spacial score (nSPS) is 19.1. The molecule has 36 heavy (non-hydrogen) atoms. The van der Waals surface area contributed by atoms with E-state index in [1.54, 1.807) is 0 Å². The third-order valence-electron chi connectivity index (χ3n) is 6.55. The number of alkyl halides is 9. The van der Waals surface area contributed by atoms with Gasteiger partial charge in [0.25, 0.3) is 5.91 Å². The van der Waals surface area contributed by atoms with Crippen molar-refractivity contribution in [3.05, 3.63) is 34.9 Å². The number of benzene rings is 1. The monoisotopic (exact) mass is 533 g/mol. The molecule has 1 aromatic carbocycles. The first-order valence-corrected chi connectivity index (χ1v) is 11.2. The Hall–Kier alpha value is -2.51. The van der Waals surface area contributed by atoms with Crippen molar-refractivity contribution in [2.24, 2.45) is 11.3 Å². The van der Waals surface area contributed by atoms with Crippen molar-refractivity contribution in [1.29, 1.82) is 0 Å². The molecule has 0 bridgehead atoms. The molecule has 1 saturated carbocycles. The quantitative estimate of drug-likeness (QED) is 0.503. The molecule has 0 aromatic heterocycles. The summed E-state index contributed by atoms with van der Waals surface area (Å²) in [5, 5.41) is 4.70. The van der Waals surface area contributed by atoms with Gasteiger partial charge in [0.15, 0.2) is 0 Å². The van der Waals surface area contributed by atoms with Crippen LogP contribution in [0.4, 0.5) is 39.5 Å². The molecule has 14 heteroatoms. The number of hydrogen-bond donors (Lipinski definition) is 2. The smallest absolute Gasteiger partial charge is 0.354 e. The zero-order chi connectivity index (χ0) is 26.9. The highest BCUT2D eigenvalue weighted by molar-refractivity contribution is 5.94. The van der Waals surface area contributed by atoms with Crippen LogP contribution in [-0.4, -0.2) is 55.6 Å². The van der Waals surface area contributed by atoms with Gasteiger partial charge in [0, 0.05) is 25.2 Å². The lowest BCUT2D eigenvalue weighted by Gasteiger charge is -2.32. The van der Waals surface area contributed by atoms with Crippen molar-refractivity contribution >= 4 is 11.8 Å². The van der Waals surface area contributed by atoms with Crippen LogP contribution in [0, 0.1) is 11.3 Å². The number of piperidine rings is 1. The van der Waals surface area contributed by atoms with Crippen molar-refractivity contribution in [2.45, 2.75) is 44.2 Å². The number of likely N-dealkylation sites (tertiary alicyclic amines) is 1. The second-order valence-corrected chi connectivity index (χ2v) is 9.13. The molecule has 1 heterocycles. The lowest BCUT2D eigenvalue weighted by Crippen LogP contribution is -2.45. The largest absolute Gasteiger partial charge is 0.416 e. The minimum Gasteiger partial charge on any atom is -0.354 e. The molecule has 0 spiro atoms. The van der Waals surface area contributed by atoms with E-state index in [4.69, 9.17) is 0 Å². The third kappa shape index (κ3) is 6.62. The van der Waals surface area contributed by atoms with Gasteiger partial charge in [0.05, 0.1) is 11.1 Å². The van der Waals surface area contributed by atoms with Crippen molar-refractivity contribution in [3.8, 4) is 0 Å². The Labute approximate surface area is 200 Å². The van der Waals surface area contributed by atoms with Crippen LogP contribution in [0.3, 0.4) is 0 Å². The van der Waals surface area contributed by atoms with Crippen LogP contribution < -0.4 is 10.6 Å². The van der Waals surface area contributed by atoms with Crippen molar-refractivity contribution in [1.82, 2.24) is 15.5 Å². The Morgan fingerprint density at radius 1 is 0.861 bits per heavy atom. The number of amides is 2. The minimum absolute atomic E-state index is 0.0368. The van der Waals surface area contributed by atoms with Gasteiger partial charge in [0.1, 0.15) is 5.41 Å². The summed E-state index contributed by atoms with van der Waals surface area (Å²) in [5.41, 5.74) is -6.19. The first-order valence-electron chi connectivity index (χ1n) is 11.2. The number of carbonyl (C=O) groups is 2. The SMILES string of the molecule is O=C(NCC1CCN(CCNC(=O)C2(C(F)(F)F)CC2)CC1)c1cc(C(F)(F)F)cc(C(F)(F)F)c1. The van der Waals surface area contributed by atoms with Crippen LogP contribution in [0.1, 0.15) is 47.2 Å². The van der Waals surface area contributed by atoms with Crippen LogP contribution in [0.2, 0.25) is 0 Å². The zero-order valence-corrected chi connectivity index (χ0v) is 18.8. The van der Waals surface area contributed by atoms with Gasteiger partial charge in [-0.05, 0) is 62.9 Å². The van der Waals surface area contributed by atoms with Gasteiger partial charge in [-0.2, -0.15) is 39.5 Å². The average molecular weight is 533 g/mol. The van der Waals surface area contributed by atoms with Crippen LogP contribution >= 0.6 is 0 Å². The second kappa shape index (κ2) is 10.1. The van der Waals surface area contributed by atoms with E-state index in [1.807, 2.05) is 4.90 Å². The summed E-state index contributed by atoms with van der Waals surface area (Å²) in [5.74, 6) is -2.18. The van der Waals surface area contributed by atoms with Gasteiger partial charge in [-0.25, -0.2) is 0 Å². The van der Waals surface area contributed by atoms with E-state index < -0.39 is 52.4 Å². The highest BCUT2D eigenvalue weighted by Crippen LogP contribution is 2.57. The fourth-order valence-electron chi connectivity index (χ4n) is 4.10. The molecule has 2 N–H and O–H groups in total. The van der Waals surface area contributed by atoms with Gasteiger partial charge in [0.2, 0.25) is 5.91 Å². The molecule has 5 nitrogen and oxygen atoms in total. The second-order valence-electron chi connectivity index (χ2n) is 9.13. The van der Waals surface area contributed by atoms with E-state index in [-0.39, 0.29) is 37.9 Å². The van der Waals surface area contributed by atoms with Gasteiger partial charge in [-0.3, -0.25) is 9.59 Å². The highest BCUT2D eigenvalue weighted by Gasteiger charge is 2.68. The van der Waals surface area contributed by atoms with Gasteiger partial charge >= 0.3 is 18.5 Å². The molecule has 202 valence electrons. The Bertz CT molecular complexity index is 929. The molecule has 2 fully saturated rings. The lowest BCUT2D eigenvalue weighted by molar-refractivity contribution is -0.192. The number of nitrogens with one attached hydrogen (secondary N) is 2. The summed E-state index contributed by atoms with van der Waals surface area (Å²) in [7, 11) is 0. The molecular weight excluding hydrogens is 509 g/mol. The first kappa shape index (κ1) is 28.1. The van der Waals surface area contributed by atoms with E-state index in [9.17, 15) is 49.1 Å². The third-order valence-corrected chi connectivity index (χ3v) is 6.55. The number of halogens is 9. The first-order chi connectivity index (χ1) is 16.5. The molecule has 2 amide bonds. The lowest BCUT2D eigenvalue weighted by atomic mass is 9.96. The van der Waals surface area contributed by atoms with Crippen molar-refractivity contribution in [2.75, 3.05) is 32.7 Å². The Kier molecular flexibility index (Phi) is 7.87. The standard InChI is InChI=1S/C22H24F9N3O2/c23-20(24,25)15-9-14(10-16(11-15)21(26,27)28)17(35)33-12-13-1-6-34(7-2-13)8-5-32-18(36)19(3-4-19)22(29,30)31/h9-11,13H,1-8,12H2,(H,32,36)(H,33,35). The molecule has 1 aliphatic carbocycles. The zero-order valence-electron chi connectivity index (χ0n) is 18.8. The molecule has 0 unspecified atom stereocenters. The van der Waals surface area contributed by atoms with Gasteiger partial charge < -0.3 is 15.5 Å². The summed E-state index contributed by atoms with van der Waals surface area (Å²) in [4.78, 5) is 26.1. The van der Waals surface area contributed by atoms with E-state index >= 15 is 0 Å². The maximum Gasteiger partial charge on any atom is 0.416 e. The summed E-state index contributed by atoms with van der Waals surface area (Å²) >= 11 is 0. The van der Waals surface area contributed by atoms with Gasteiger partial charge in [-0.15, -0.1) is 0 Å². The maximum atomic E-state index is 13.0. The van der Waals surface area contributed by atoms with Gasteiger partial charge in [-0.1, -0.05) is 0 Å². The predicted molar refractivity (Wildman–Crippen MR) is 109 cm³/mol. The molecule has 0 atom stereocenters. The van der Waals surface area contributed by atoms with E-state index in [0.29, 0.717) is 44.6 Å².